The summed E-state index contributed by atoms with van der Waals surface area (Å²) in [5.74, 6) is -9.32. The van der Waals surface area contributed by atoms with Crippen LogP contribution in [0.25, 0.3) is 0 Å². The van der Waals surface area contributed by atoms with Gasteiger partial charge in [0.2, 0.25) is 0 Å². The summed E-state index contributed by atoms with van der Waals surface area (Å²) in [5.41, 5.74) is 0. The smallest absolute Gasteiger partial charge is 0.387 e. The van der Waals surface area contributed by atoms with Crippen molar-refractivity contribution < 1.29 is 48.8 Å². The lowest BCUT2D eigenvalue weighted by Crippen LogP contribution is -2.82. The molecule has 3 rings (SSSR count). The first-order valence-electron chi connectivity index (χ1n) is 4.53. The van der Waals surface area contributed by atoms with Crippen molar-refractivity contribution in [3.05, 3.63) is 0 Å². The fourth-order valence-corrected chi connectivity index (χ4v) is 4.06. The Morgan fingerprint density at radius 1 is 0.882 bits per heavy atom. The van der Waals surface area contributed by atoms with Crippen LogP contribution in [0.5, 0.6) is 0 Å². The Labute approximate surface area is 93.2 Å². The van der Waals surface area contributed by atoms with Gasteiger partial charge in [0.05, 0.1) is 0 Å². The van der Waals surface area contributed by atoms with Gasteiger partial charge in [-0.15, -0.1) is 0 Å². The second-order valence-electron chi connectivity index (χ2n) is 4.14. The number of aliphatic hydroxyl groups excluding tert-OH is 3. The van der Waals surface area contributed by atoms with Crippen LogP contribution in [-0.4, -0.2) is 66.3 Å². The van der Waals surface area contributed by atoms with Crippen molar-refractivity contribution in [3.63, 3.8) is 0 Å². The van der Waals surface area contributed by atoms with Gasteiger partial charge in [-0.25, -0.2) is 18.1 Å². The molecule has 1 saturated carbocycles. The number of phosphoric ester groups is 1. The lowest BCUT2D eigenvalue weighted by molar-refractivity contribution is -0.467. The molecule has 10 nitrogen and oxygen atoms in total. The van der Waals surface area contributed by atoms with Gasteiger partial charge < -0.3 is 30.6 Å². The molecule has 3 aliphatic rings. The van der Waals surface area contributed by atoms with Gasteiger partial charge in [-0.3, -0.25) is 0 Å². The summed E-state index contributed by atoms with van der Waals surface area (Å²) in [5, 5.41) is 57.9. The maximum atomic E-state index is 11.6. The summed E-state index contributed by atoms with van der Waals surface area (Å²) in [6, 6.07) is 0. The third-order valence-electron chi connectivity index (χ3n) is 3.17. The highest BCUT2D eigenvalue weighted by Crippen LogP contribution is 2.76. The van der Waals surface area contributed by atoms with Crippen molar-refractivity contribution in [2.75, 3.05) is 0 Å². The van der Waals surface area contributed by atoms with Gasteiger partial charge in [0.1, 0.15) is 18.3 Å². The third kappa shape index (κ3) is 0.978. The van der Waals surface area contributed by atoms with Gasteiger partial charge in [-0.2, -0.15) is 0 Å². The average molecular weight is 272 g/mol. The van der Waals surface area contributed by atoms with E-state index in [9.17, 15) is 35.2 Å². The van der Waals surface area contributed by atoms with Gasteiger partial charge in [0.15, 0.2) is 0 Å². The van der Waals surface area contributed by atoms with Crippen LogP contribution < -0.4 is 0 Å². The molecule has 17 heavy (non-hydrogen) atoms. The van der Waals surface area contributed by atoms with Gasteiger partial charge in [0.25, 0.3) is 17.4 Å². The number of aliphatic hydroxyl groups is 6. The molecule has 1 aliphatic carbocycles. The minimum atomic E-state index is -4.53. The minimum absolute atomic E-state index is 2.11. The summed E-state index contributed by atoms with van der Waals surface area (Å²) in [6.07, 6.45) is -6.63. The van der Waals surface area contributed by atoms with Crippen molar-refractivity contribution in [1.29, 1.82) is 0 Å². The normalized spacial score (nSPS) is 69.6. The standard InChI is InChI=1S/C6H9O10P/c7-1-2(8)4(10)6(12)5(11,3(1)9)15-17(13,14-4)16-6/h1-3,7-12H/t1?,2-,3-,4-,5-,6?,17?/m1/s1. The first-order chi connectivity index (χ1) is 7.60. The zero-order chi connectivity index (χ0) is 12.9. The molecule has 0 radical (unpaired) electrons. The Morgan fingerprint density at radius 3 is 1.65 bits per heavy atom. The SMILES string of the molecule is O=P12OC3(O)[C@](O)(O1)[C@H](O)C(O)[C@@H](O)[C@@]3(O)O2. The predicted molar refractivity (Wildman–Crippen MR) is 43.7 cm³/mol. The number of fused-ring (bicyclic) bond motifs is 1. The Kier molecular flexibility index (Phi) is 1.91. The van der Waals surface area contributed by atoms with Crippen LogP contribution in [0.15, 0.2) is 0 Å². The molecule has 2 heterocycles. The highest BCUT2D eigenvalue weighted by molar-refractivity contribution is 7.49. The fraction of sp³-hybridized carbons (Fsp3) is 1.00. The van der Waals surface area contributed by atoms with Crippen molar-refractivity contribution in [3.8, 4) is 0 Å². The van der Waals surface area contributed by atoms with Gasteiger partial charge in [-0.1, -0.05) is 0 Å². The van der Waals surface area contributed by atoms with E-state index in [1.54, 1.807) is 0 Å². The zero-order valence-electron chi connectivity index (χ0n) is 8.00. The van der Waals surface area contributed by atoms with E-state index in [0.717, 1.165) is 0 Å². The van der Waals surface area contributed by atoms with Crippen LogP contribution in [0.2, 0.25) is 0 Å². The van der Waals surface area contributed by atoms with Crippen LogP contribution in [0.3, 0.4) is 0 Å². The summed E-state index contributed by atoms with van der Waals surface area (Å²) in [7, 11) is -4.53. The molecule has 0 aromatic heterocycles. The first-order valence-corrected chi connectivity index (χ1v) is 5.99. The van der Waals surface area contributed by atoms with E-state index < -0.39 is 43.5 Å². The topological polar surface area (TPSA) is 166 Å². The Balaban J connectivity index is 2.24. The summed E-state index contributed by atoms with van der Waals surface area (Å²) < 4.78 is 24.6. The van der Waals surface area contributed by atoms with Crippen molar-refractivity contribution >= 4 is 7.82 Å². The summed E-state index contributed by atoms with van der Waals surface area (Å²) >= 11 is 0. The molecule has 0 aromatic carbocycles. The van der Waals surface area contributed by atoms with E-state index in [-0.39, 0.29) is 0 Å². The highest BCUT2D eigenvalue weighted by atomic mass is 31.2. The molecule has 4 atom stereocenters. The summed E-state index contributed by atoms with van der Waals surface area (Å²) in [6.45, 7) is 0. The van der Waals surface area contributed by atoms with E-state index in [1.165, 1.54) is 0 Å². The van der Waals surface area contributed by atoms with E-state index in [0.29, 0.717) is 0 Å². The van der Waals surface area contributed by atoms with Crippen LogP contribution in [-0.2, 0) is 18.1 Å². The van der Waals surface area contributed by atoms with Crippen molar-refractivity contribution in [2.24, 2.45) is 0 Å². The number of phosphoric acid groups is 1. The number of rotatable bonds is 0. The van der Waals surface area contributed by atoms with E-state index in [1.807, 2.05) is 0 Å². The highest BCUT2D eigenvalue weighted by Gasteiger charge is 2.90. The summed E-state index contributed by atoms with van der Waals surface area (Å²) in [4.78, 5) is 0. The quantitative estimate of drug-likeness (QED) is 0.242. The minimum Gasteiger partial charge on any atom is -0.387 e. The molecule has 6 N–H and O–H groups in total. The number of hydrogen-bond acceptors (Lipinski definition) is 10. The van der Waals surface area contributed by atoms with Crippen LogP contribution in [0.4, 0.5) is 0 Å². The molecule has 3 fully saturated rings. The molecule has 2 bridgehead atoms. The fourth-order valence-electron chi connectivity index (χ4n) is 2.21. The van der Waals surface area contributed by atoms with E-state index in [2.05, 4.69) is 13.6 Å². The van der Waals surface area contributed by atoms with Crippen molar-refractivity contribution in [2.45, 2.75) is 35.7 Å². The van der Waals surface area contributed by atoms with E-state index in [4.69, 9.17) is 0 Å². The van der Waals surface area contributed by atoms with Crippen LogP contribution in [0.1, 0.15) is 0 Å². The molecule has 0 amide bonds. The van der Waals surface area contributed by atoms with Crippen molar-refractivity contribution in [1.82, 2.24) is 0 Å². The molecule has 98 valence electrons. The molecule has 11 heteroatoms. The zero-order valence-corrected chi connectivity index (χ0v) is 8.89. The molecule has 2 aliphatic heterocycles. The Morgan fingerprint density at radius 2 is 1.29 bits per heavy atom. The first kappa shape index (κ1) is 11.9. The second kappa shape index (κ2) is 2.73. The number of hydrogen-bond donors (Lipinski definition) is 6. The Bertz CT molecular complexity index is 400. The molecular formula is C6H9O10P. The lowest BCUT2D eigenvalue weighted by atomic mass is 9.77. The molecule has 0 unspecified atom stereocenters. The molecule has 0 aromatic rings. The van der Waals surface area contributed by atoms with Crippen LogP contribution >= 0.6 is 7.82 Å². The largest absolute Gasteiger partial charge is 0.483 e. The van der Waals surface area contributed by atoms with Gasteiger partial charge >= 0.3 is 7.82 Å². The second-order valence-corrected chi connectivity index (χ2v) is 5.58. The monoisotopic (exact) mass is 272 g/mol. The molecular weight excluding hydrogens is 263 g/mol. The van der Waals surface area contributed by atoms with E-state index >= 15 is 0 Å². The van der Waals surface area contributed by atoms with Gasteiger partial charge in [0, 0.05) is 0 Å². The third-order valence-corrected chi connectivity index (χ3v) is 4.66. The van der Waals surface area contributed by atoms with Crippen LogP contribution in [0, 0.1) is 0 Å². The van der Waals surface area contributed by atoms with Gasteiger partial charge in [-0.05, 0) is 0 Å². The maximum Gasteiger partial charge on any atom is 0.483 e. The predicted octanol–water partition coefficient (Wildman–Crippen LogP) is -3.67. The Hall–Kier alpha value is -0.130. The maximum absolute atomic E-state index is 11.6. The molecule has 0 spiro atoms. The lowest BCUT2D eigenvalue weighted by Gasteiger charge is -2.52. The molecule has 2 saturated heterocycles. The average Bonchev–Trinajstić information content (AvgIpc) is 2.55.